The Morgan fingerprint density at radius 2 is 1.62 bits per heavy atom. The van der Waals surface area contributed by atoms with Crippen LogP contribution in [0.15, 0.2) is 71.3 Å². The molecule has 3 heterocycles. The number of benzene rings is 2. The zero-order valence-corrected chi connectivity index (χ0v) is 18.2. The summed E-state index contributed by atoms with van der Waals surface area (Å²) >= 11 is 0. The van der Waals surface area contributed by atoms with Gasteiger partial charge < -0.3 is 9.32 Å². The maximum absolute atomic E-state index is 13.7. The molecule has 8 nitrogen and oxygen atoms in total. The number of rotatable bonds is 6. The number of hydrogen-bond acceptors (Lipinski definition) is 6. The van der Waals surface area contributed by atoms with Gasteiger partial charge in [-0.15, -0.1) is 5.10 Å². The van der Waals surface area contributed by atoms with Gasteiger partial charge in [-0.1, -0.05) is 24.3 Å². The van der Waals surface area contributed by atoms with Crippen LogP contribution in [-0.4, -0.2) is 62.1 Å². The molecular weight excluding hydrogens is 442 g/mol. The highest BCUT2D eigenvalue weighted by atomic mass is 19.1. The van der Waals surface area contributed by atoms with Gasteiger partial charge in [-0.2, -0.15) is 0 Å². The molecule has 4 aromatic rings. The Balaban J connectivity index is 1.40. The van der Waals surface area contributed by atoms with Gasteiger partial charge in [0.05, 0.1) is 18.8 Å². The summed E-state index contributed by atoms with van der Waals surface area (Å²) in [6, 6.07) is 15.4. The quantitative estimate of drug-likeness (QED) is 0.436. The van der Waals surface area contributed by atoms with Crippen LogP contribution in [0.5, 0.6) is 0 Å². The molecule has 5 rings (SSSR count). The molecule has 174 valence electrons. The average Bonchev–Trinajstić information content (AvgIpc) is 3.55. The molecule has 0 radical (unpaired) electrons. The SMILES string of the molecule is O=C(c1ccco1)N1CCN([C@@H](c2ccc(F)cc2)c2nnnn2Cc2ccc(F)cc2)CC1. The summed E-state index contributed by atoms with van der Waals surface area (Å²) in [5.74, 6) is 0.103. The van der Waals surface area contributed by atoms with E-state index >= 15 is 0 Å². The fourth-order valence-corrected chi connectivity index (χ4v) is 4.19. The monoisotopic (exact) mass is 464 g/mol. The smallest absolute Gasteiger partial charge is 0.289 e. The van der Waals surface area contributed by atoms with E-state index in [4.69, 9.17) is 4.42 Å². The summed E-state index contributed by atoms with van der Waals surface area (Å²) in [5, 5.41) is 12.3. The van der Waals surface area contributed by atoms with Crippen molar-refractivity contribution in [3.8, 4) is 0 Å². The van der Waals surface area contributed by atoms with Gasteiger partial charge in [-0.3, -0.25) is 9.69 Å². The lowest BCUT2D eigenvalue weighted by Gasteiger charge is -2.38. The molecule has 1 amide bonds. The minimum Gasteiger partial charge on any atom is -0.459 e. The Hall–Kier alpha value is -3.92. The molecule has 1 fully saturated rings. The first-order valence-corrected chi connectivity index (χ1v) is 10.9. The van der Waals surface area contributed by atoms with E-state index in [2.05, 4.69) is 20.4 Å². The summed E-state index contributed by atoms with van der Waals surface area (Å²) in [6.07, 6.45) is 1.48. The van der Waals surface area contributed by atoms with E-state index < -0.39 is 0 Å². The zero-order chi connectivity index (χ0) is 23.5. The maximum Gasteiger partial charge on any atom is 0.289 e. The van der Waals surface area contributed by atoms with Crippen LogP contribution in [0.4, 0.5) is 8.78 Å². The first-order valence-electron chi connectivity index (χ1n) is 10.9. The van der Waals surface area contributed by atoms with E-state index in [1.54, 1.807) is 46.0 Å². The number of carbonyl (C=O) groups excluding carboxylic acids is 1. The Morgan fingerprint density at radius 3 is 2.26 bits per heavy atom. The van der Waals surface area contributed by atoms with Gasteiger partial charge >= 0.3 is 0 Å². The van der Waals surface area contributed by atoms with E-state index in [0.29, 0.717) is 44.3 Å². The molecule has 0 N–H and O–H groups in total. The van der Waals surface area contributed by atoms with Crippen molar-refractivity contribution in [3.05, 3.63) is 101 Å². The van der Waals surface area contributed by atoms with E-state index in [0.717, 1.165) is 11.1 Å². The van der Waals surface area contributed by atoms with Crippen LogP contribution < -0.4 is 0 Å². The maximum atomic E-state index is 13.7. The third-order valence-corrected chi connectivity index (χ3v) is 5.93. The summed E-state index contributed by atoms with van der Waals surface area (Å²) in [6.45, 7) is 2.49. The molecular formula is C24H22F2N6O2. The highest BCUT2D eigenvalue weighted by Gasteiger charge is 2.32. The van der Waals surface area contributed by atoms with Crippen LogP contribution in [0.1, 0.15) is 33.5 Å². The van der Waals surface area contributed by atoms with Crippen LogP contribution in [0.2, 0.25) is 0 Å². The Bertz CT molecular complexity index is 1230. The third-order valence-electron chi connectivity index (χ3n) is 5.93. The molecule has 2 aromatic carbocycles. The molecule has 10 heteroatoms. The number of hydrogen-bond donors (Lipinski definition) is 0. The summed E-state index contributed by atoms with van der Waals surface area (Å²) in [5.41, 5.74) is 1.68. The molecule has 2 aromatic heterocycles. The van der Waals surface area contributed by atoms with Gasteiger partial charge in [0.1, 0.15) is 11.6 Å². The summed E-state index contributed by atoms with van der Waals surface area (Å²) < 4.78 is 33.9. The highest BCUT2D eigenvalue weighted by molar-refractivity contribution is 5.91. The average molecular weight is 464 g/mol. The second-order valence-electron chi connectivity index (χ2n) is 8.08. The summed E-state index contributed by atoms with van der Waals surface area (Å²) in [4.78, 5) is 16.6. The predicted molar refractivity (Wildman–Crippen MR) is 118 cm³/mol. The molecule has 1 aliphatic rings. The predicted octanol–water partition coefficient (Wildman–Crippen LogP) is 3.14. The van der Waals surface area contributed by atoms with Crippen molar-refractivity contribution in [2.24, 2.45) is 0 Å². The largest absolute Gasteiger partial charge is 0.459 e. The van der Waals surface area contributed by atoms with Crippen LogP contribution in [-0.2, 0) is 6.54 Å². The zero-order valence-electron chi connectivity index (χ0n) is 18.2. The number of furan rings is 1. The highest BCUT2D eigenvalue weighted by Crippen LogP contribution is 2.29. The lowest BCUT2D eigenvalue weighted by molar-refractivity contribution is 0.0559. The first kappa shape index (κ1) is 21.9. The molecule has 0 bridgehead atoms. The van der Waals surface area contributed by atoms with Gasteiger partial charge in [-0.25, -0.2) is 13.5 Å². The standard InChI is InChI=1S/C24H22F2N6O2/c25-19-7-3-17(4-8-19)16-32-23(27-28-29-32)22(18-5-9-20(26)10-6-18)30-11-13-31(14-12-30)24(33)21-2-1-15-34-21/h1-10,15,22H,11-14,16H2/t22-/m0/s1. The molecule has 34 heavy (non-hydrogen) atoms. The van der Waals surface area contributed by atoms with Crippen molar-refractivity contribution in [1.29, 1.82) is 0 Å². The fraction of sp³-hybridized carbons (Fsp3) is 0.250. The number of nitrogens with zero attached hydrogens (tertiary/aromatic N) is 6. The van der Waals surface area contributed by atoms with Crippen LogP contribution in [0, 0.1) is 11.6 Å². The van der Waals surface area contributed by atoms with Gasteiger partial charge in [0.25, 0.3) is 5.91 Å². The topological polar surface area (TPSA) is 80.3 Å². The van der Waals surface area contributed by atoms with Crippen molar-refractivity contribution in [1.82, 2.24) is 30.0 Å². The lowest BCUT2D eigenvalue weighted by atomic mass is 10.0. The van der Waals surface area contributed by atoms with Gasteiger partial charge in [0.15, 0.2) is 11.6 Å². The van der Waals surface area contributed by atoms with Crippen molar-refractivity contribution in [2.75, 3.05) is 26.2 Å². The molecule has 1 aliphatic heterocycles. The lowest BCUT2D eigenvalue weighted by Crippen LogP contribution is -2.50. The van der Waals surface area contributed by atoms with E-state index in [1.807, 2.05) is 0 Å². The van der Waals surface area contributed by atoms with Crippen LogP contribution in [0.25, 0.3) is 0 Å². The number of halogens is 2. The number of tetrazole rings is 1. The molecule has 1 atom stereocenters. The van der Waals surface area contributed by atoms with E-state index in [-0.39, 0.29) is 23.6 Å². The number of carbonyl (C=O) groups is 1. The van der Waals surface area contributed by atoms with Gasteiger partial charge in [0, 0.05) is 26.2 Å². The third kappa shape index (κ3) is 4.58. The van der Waals surface area contributed by atoms with E-state index in [9.17, 15) is 13.6 Å². The van der Waals surface area contributed by atoms with Crippen LogP contribution in [0.3, 0.4) is 0 Å². The number of amides is 1. The molecule has 0 spiro atoms. The van der Waals surface area contributed by atoms with E-state index in [1.165, 1.54) is 30.5 Å². The molecule has 0 unspecified atom stereocenters. The fourth-order valence-electron chi connectivity index (χ4n) is 4.19. The van der Waals surface area contributed by atoms with Crippen LogP contribution >= 0.6 is 0 Å². The minimum atomic E-state index is -0.350. The number of aromatic nitrogens is 4. The van der Waals surface area contributed by atoms with Crippen molar-refractivity contribution >= 4 is 5.91 Å². The molecule has 0 aliphatic carbocycles. The second-order valence-corrected chi connectivity index (χ2v) is 8.08. The Labute approximate surface area is 194 Å². The normalized spacial score (nSPS) is 15.4. The number of piperazine rings is 1. The first-order chi connectivity index (χ1) is 16.6. The second kappa shape index (κ2) is 9.52. The van der Waals surface area contributed by atoms with Gasteiger partial charge in [0.2, 0.25) is 0 Å². The molecule has 1 saturated heterocycles. The minimum absolute atomic E-state index is 0.149. The van der Waals surface area contributed by atoms with Crippen molar-refractivity contribution in [2.45, 2.75) is 12.6 Å². The van der Waals surface area contributed by atoms with Crippen molar-refractivity contribution < 1.29 is 18.0 Å². The van der Waals surface area contributed by atoms with Crippen molar-refractivity contribution in [3.63, 3.8) is 0 Å². The molecule has 0 saturated carbocycles. The Morgan fingerprint density at radius 1 is 0.941 bits per heavy atom. The van der Waals surface area contributed by atoms with Gasteiger partial charge in [-0.05, 0) is 58.0 Å². The Kier molecular flexibility index (Phi) is 6.13. The summed E-state index contributed by atoms with van der Waals surface area (Å²) in [7, 11) is 0.